The molecule has 0 aromatic heterocycles. The molecule has 0 amide bonds. The van der Waals surface area contributed by atoms with Gasteiger partial charge >= 0.3 is 0 Å². The van der Waals surface area contributed by atoms with E-state index in [-0.39, 0.29) is 18.6 Å². The van der Waals surface area contributed by atoms with E-state index in [1.165, 1.54) is 0 Å². The molecule has 0 bridgehead atoms. The Morgan fingerprint density at radius 3 is 2.80 bits per heavy atom. The second-order valence-electron chi connectivity index (χ2n) is 3.06. The van der Waals surface area contributed by atoms with E-state index in [9.17, 15) is 5.11 Å². The molecule has 0 aromatic rings. The van der Waals surface area contributed by atoms with Crippen molar-refractivity contribution in [3.63, 3.8) is 0 Å². The van der Waals surface area contributed by atoms with Crippen LogP contribution in [0, 0.1) is 5.92 Å². The molecule has 3 nitrogen and oxygen atoms in total. The van der Waals surface area contributed by atoms with E-state index in [1.54, 1.807) is 0 Å². The highest BCUT2D eigenvalue weighted by molar-refractivity contribution is 4.77. The zero-order valence-corrected chi connectivity index (χ0v) is 6.32. The van der Waals surface area contributed by atoms with Gasteiger partial charge in [0.1, 0.15) is 0 Å². The van der Waals surface area contributed by atoms with Gasteiger partial charge in [-0.1, -0.05) is 0 Å². The number of piperidine rings is 1. The van der Waals surface area contributed by atoms with E-state index in [1.807, 2.05) is 7.05 Å². The van der Waals surface area contributed by atoms with E-state index in [4.69, 9.17) is 5.11 Å². The van der Waals surface area contributed by atoms with Gasteiger partial charge in [-0.3, -0.25) is 0 Å². The number of nitrogens with zero attached hydrogens (tertiary/aromatic N) is 1. The molecule has 1 aliphatic rings. The highest BCUT2D eigenvalue weighted by Gasteiger charge is 2.24. The summed E-state index contributed by atoms with van der Waals surface area (Å²) in [4.78, 5) is 2.13. The monoisotopic (exact) mass is 145 g/mol. The topological polar surface area (TPSA) is 43.7 Å². The Bertz CT molecular complexity index is 108. The van der Waals surface area contributed by atoms with Crippen LogP contribution in [0.1, 0.15) is 6.42 Å². The first kappa shape index (κ1) is 7.98. The molecule has 60 valence electrons. The van der Waals surface area contributed by atoms with Gasteiger partial charge in [0.25, 0.3) is 0 Å². The fourth-order valence-electron chi connectivity index (χ4n) is 1.38. The average molecular weight is 145 g/mol. The molecule has 2 N–H and O–H groups in total. The number of aliphatic hydroxyl groups excluding tert-OH is 2. The Morgan fingerprint density at radius 1 is 1.60 bits per heavy atom. The maximum absolute atomic E-state index is 9.30. The third-order valence-electron chi connectivity index (χ3n) is 2.13. The predicted molar refractivity (Wildman–Crippen MR) is 38.7 cm³/mol. The quantitative estimate of drug-likeness (QED) is 0.512. The Balaban J connectivity index is 2.38. The zero-order chi connectivity index (χ0) is 7.56. The lowest BCUT2D eigenvalue weighted by Crippen LogP contribution is -2.42. The molecule has 1 saturated heterocycles. The number of rotatable bonds is 1. The second-order valence-corrected chi connectivity index (χ2v) is 3.06. The molecule has 0 radical (unpaired) electrons. The summed E-state index contributed by atoms with van der Waals surface area (Å²) in [5, 5.41) is 18.1. The lowest BCUT2D eigenvalue weighted by atomic mass is 9.96. The van der Waals surface area contributed by atoms with E-state index in [0.29, 0.717) is 0 Å². The van der Waals surface area contributed by atoms with Crippen molar-refractivity contribution in [1.29, 1.82) is 0 Å². The van der Waals surface area contributed by atoms with Gasteiger partial charge in [0.15, 0.2) is 0 Å². The second kappa shape index (κ2) is 3.32. The molecule has 0 aliphatic carbocycles. The molecule has 2 atom stereocenters. The molecule has 1 rings (SSSR count). The minimum absolute atomic E-state index is 0.0683. The van der Waals surface area contributed by atoms with Crippen molar-refractivity contribution in [3.8, 4) is 0 Å². The molecule has 10 heavy (non-hydrogen) atoms. The normalized spacial score (nSPS) is 36.3. The zero-order valence-electron chi connectivity index (χ0n) is 6.32. The van der Waals surface area contributed by atoms with Crippen LogP contribution in [0.15, 0.2) is 0 Å². The first-order chi connectivity index (χ1) is 4.74. The fourth-order valence-corrected chi connectivity index (χ4v) is 1.38. The number of hydrogen-bond acceptors (Lipinski definition) is 3. The van der Waals surface area contributed by atoms with Crippen molar-refractivity contribution in [2.45, 2.75) is 12.5 Å². The largest absolute Gasteiger partial charge is 0.396 e. The Hall–Kier alpha value is -0.120. The predicted octanol–water partition coefficient (Wildman–Crippen LogP) is -0.709. The van der Waals surface area contributed by atoms with Gasteiger partial charge in [-0.05, 0) is 13.5 Å². The average Bonchev–Trinajstić information content (AvgIpc) is 1.94. The number of hydrogen-bond donors (Lipinski definition) is 2. The molecule has 1 aliphatic heterocycles. The minimum Gasteiger partial charge on any atom is -0.396 e. The SMILES string of the molecule is CN1CCC(O)C(CO)C1. The van der Waals surface area contributed by atoms with E-state index in [2.05, 4.69) is 4.90 Å². The first-order valence-corrected chi connectivity index (χ1v) is 3.71. The van der Waals surface area contributed by atoms with Crippen LogP contribution in [0.25, 0.3) is 0 Å². The maximum atomic E-state index is 9.30. The van der Waals surface area contributed by atoms with Crippen LogP contribution in [0.2, 0.25) is 0 Å². The maximum Gasteiger partial charge on any atom is 0.0614 e. The summed E-state index contributed by atoms with van der Waals surface area (Å²) >= 11 is 0. The van der Waals surface area contributed by atoms with Crippen molar-refractivity contribution in [3.05, 3.63) is 0 Å². The molecule has 0 spiro atoms. The number of aliphatic hydroxyl groups is 2. The third kappa shape index (κ3) is 1.68. The van der Waals surface area contributed by atoms with Crippen LogP contribution in [0.5, 0.6) is 0 Å². The van der Waals surface area contributed by atoms with Crippen molar-refractivity contribution >= 4 is 0 Å². The Morgan fingerprint density at radius 2 is 2.30 bits per heavy atom. The Kier molecular flexibility index (Phi) is 2.65. The van der Waals surface area contributed by atoms with Gasteiger partial charge in [0.05, 0.1) is 6.10 Å². The number of likely N-dealkylation sites (tertiary alicyclic amines) is 1. The van der Waals surface area contributed by atoms with Crippen LogP contribution in [0.4, 0.5) is 0 Å². The molecule has 1 heterocycles. The molecule has 0 saturated carbocycles. The smallest absolute Gasteiger partial charge is 0.0614 e. The van der Waals surface area contributed by atoms with Crippen LogP contribution in [0.3, 0.4) is 0 Å². The molecular weight excluding hydrogens is 130 g/mol. The van der Waals surface area contributed by atoms with Crippen LogP contribution < -0.4 is 0 Å². The van der Waals surface area contributed by atoms with Crippen molar-refractivity contribution in [2.24, 2.45) is 5.92 Å². The molecule has 0 aromatic carbocycles. The fraction of sp³-hybridized carbons (Fsp3) is 1.00. The molecular formula is C7H15NO2. The molecule has 3 heteroatoms. The van der Waals surface area contributed by atoms with Gasteiger partial charge in [0, 0.05) is 25.6 Å². The van der Waals surface area contributed by atoms with Gasteiger partial charge in [-0.15, -0.1) is 0 Å². The van der Waals surface area contributed by atoms with Gasteiger partial charge in [-0.25, -0.2) is 0 Å². The Labute approximate surface area is 61.3 Å². The highest BCUT2D eigenvalue weighted by atomic mass is 16.3. The van der Waals surface area contributed by atoms with Crippen molar-refractivity contribution in [2.75, 3.05) is 26.7 Å². The van der Waals surface area contributed by atoms with Crippen molar-refractivity contribution in [1.82, 2.24) is 4.90 Å². The molecule has 2 unspecified atom stereocenters. The molecule has 1 fully saturated rings. The lowest BCUT2D eigenvalue weighted by Gasteiger charge is -2.32. The summed E-state index contributed by atoms with van der Waals surface area (Å²) in [5.74, 6) is 0.0683. The minimum atomic E-state index is -0.291. The summed E-state index contributed by atoms with van der Waals surface area (Å²) in [6.45, 7) is 1.86. The van der Waals surface area contributed by atoms with E-state index >= 15 is 0 Å². The van der Waals surface area contributed by atoms with Gasteiger partial charge < -0.3 is 15.1 Å². The summed E-state index contributed by atoms with van der Waals surface area (Å²) in [6.07, 6.45) is 0.503. The van der Waals surface area contributed by atoms with E-state index < -0.39 is 0 Å². The van der Waals surface area contributed by atoms with Gasteiger partial charge in [0.2, 0.25) is 0 Å². The van der Waals surface area contributed by atoms with Gasteiger partial charge in [-0.2, -0.15) is 0 Å². The summed E-state index contributed by atoms with van der Waals surface area (Å²) in [5.41, 5.74) is 0. The first-order valence-electron chi connectivity index (χ1n) is 3.71. The summed E-state index contributed by atoms with van der Waals surface area (Å²) < 4.78 is 0. The summed E-state index contributed by atoms with van der Waals surface area (Å²) in [6, 6.07) is 0. The van der Waals surface area contributed by atoms with E-state index in [0.717, 1.165) is 19.5 Å². The third-order valence-corrected chi connectivity index (χ3v) is 2.13. The van der Waals surface area contributed by atoms with Crippen LogP contribution in [-0.4, -0.2) is 48.0 Å². The van der Waals surface area contributed by atoms with Crippen LogP contribution >= 0.6 is 0 Å². The van der Waals surface area contributed by atoms with Crippen LogP contribution in [-0.2, 0) is 0 Å². The van der Waals surface area contributed by atoms with Crippen molar-refractivity contribution < 1.29 is 10.2 Å². The lowest BCUT2D eigenvalue weighted by molar-refractivity contribution is 0.00843. The standard InChI is InChI=1S/C7H15NO2/c1-8-3-2-7(10)6(4-8)5-9/h6-7,9-10H,2-5H2,1H3. The summed E-state index contributed by atoms with van der Waals surface area (Å²) in [7, 11) is 2.01. The highest BCUT2D eigenvalue weighted by Crippen LogP contribution is 2.14.